The maximum atomic E-state index is 11.8. The molecule has 0 aliphatic heterocycles. The topological polar surface area (TPSA) is 30.5 Å². The molecule has 108 valence electrons. The number of rotatable bonds is 7. The Labute approximate surface area is 118 Å². The highest BCUT2D eigenvalue weighted by molar-refractivity contribution is 9.10. The van der Waals surface area contributed by atoms with E-state index in [9.17, 15) is 13.2 Å². The first-order valence-corrected chi connectivity index (χ1v) is 6.39. The summed E-state index contributed by atoms with van der Waals surface area (Å²) in [4.78, 5) is 0. The molecule has 0 atom stereocenters. The Balaban J connectivity index is 2.21. The minimum Gasteiger partial charge on any atom is -0.496 e. The molecule has 1 N–H and O–H groups in total. The Morgan fingerprint density at radius 2 is 2.05 bits per heavy atom. The molecule has 1 aromatic rings. The van der Waals surface area contributed by atoms with E-state index >= 15 is 0 Å². The van der Waals surface area contributed by atoms with Gasteiger partial charge >= 0.3 is 6.18 Å². The minimum absolute atomic E-state index is 0.0246. The molecule has 0 aliphatic rings. The summed E-state index contributed by atoms with van der Waals surface area (Å²) >= 11 is 3.36. The van der Waals surface area contributed by atoms with Crippen molar-refractivity contribution in [2.45, 2.75) is 12.7 Å². The summed E-state index contributed by atoms with van der Waals surface area (Å²) in [5.74, 6) is 0.734. The lowest BCUT2D eigenvalue weighted by Crippen LogP contribution is -2.23. The van der Waals surface area contributed by atoms with Crippen LogP contribution in [0.5, 0.6) is 5.75 Å². The Bertz CT molecular complexity index is 399. The van der Waals surface area contributed by atoms with Crippen LogP contribution >= 0.6 is 15.9 Å². The van der Waals surface area contributed by atoms with Crippen LogP contribution in [0.2, 0.25) is 0 Å². The van der Waals surface area contributed by atoms with Crippen LogP contribution in [0.1, 0.15) is 5.56 Å². The standard InChI is InChI=1S/C12H15BrF3NO2/c1-18-11-3-2-9(6-10(11)13)7-17-4-5-19-8-12(14,15)16/h2-3,6,17H,4-5,7-8H2,1H3. The van der Waals surface area contributed by atoms with E-state index in [-0.39, 0.29) is 6.61 Å². The predicted octanol–water partition coefficient (Wildman–Crippen LogP) is 3.13. The molecule has 0 bridgehead atoms. The molecule has 0 saturated carbocycles. The number of methoxy groups -OCH3 is 1. The monoisotopic (exact) mass is 341 g/mol. The van der Waals surface area contributed by atoms with Crippen LogP contribution in [0.15, 0.2) is 22.7 Å². The van der Waals surface area contributed by atoms with Gasteiger partial charge in [0, 0.05) is 13.1 Å². The zero-order valence-electron chi connectivity index (χ0n) is 10.4. The van der Waals surface area contributed by atoms with Crippen LogP contribution in [-0.2, 0) is 11.3 Å². The number of benzene rings is 1. The van der Waals surface area contributed by atoms with E-state index in [4.69, 9.17) is 4.74 Å². The summed E-state index contributed by atoms with van der Waals surface area (Å²) in [5.41, 5.74) is 1.00. The Kier molecular flexibility index (Phi) is 6.60. The third kappa shape index (κ3) is 6.79. The van der Waals surface area contributed by atoms with E-state index < -0.39 is 12.8 Å². The van der Waals surface area contributed by atoms with Crippen LogP contribution in [0.4, 0.5) is 13.2 Å². The predicted molar refractivity (Wildman–Crippen MR) is 69.3 cm³/mol. The van der Waals surface area contributed by atoms with Crippen molar-refractivity contribution in [1.29, 1.82) is 0 Å². The molecule has 3 nitrogen and oxygen atoms in total. The molecular weight excluding hydrogens is 327 g/mol. The SMILES string of the molecule is COc1ccc(CNCCOCC(F)(F)F)cc1Br. The summed E-state index contributed by atoms with van der Waals surface area (Å²) in [6.45, 7) is -0.267. The third-order valence-electron chi connectivity index (χ3n) is 2.23. The van der Waals surface area contributed by atoms with Gasteiger partial charge in [-0.2, -0.15) is 13.2 Å². The van der Waals surface area contributed by atoms with Gasteiger partial charge < -0.3 is 14.8 Å². The third-order valence-corrected chi connectivity index (χ3v) is 2.85. The highest BCUT2D eigenvalue weighted by Crippen LogP contribution is 2.25. The molecule has 0 aliphatic carbocycles. The molecular formula is C12H15BrF3NO2. The van der Waals surface area contributed by atoms with Crippen molar-refractivity contribution in [3.63, 3.8) is 0 Å². The molecule has 1 aromatic carbocycles. The lowest BCUT2D eigenvalue weighted by Gasteiger charge is -2.09. The summed E-state index contributed by atoms with van der Waals surface area (Å²) in [6, 6.07) is 5.59. The fourth-order valence-corrected chi connectivity index (χ4v) is 1.97. The highest BCUT2D eigenvalue weighted by Gasteiger charge is 2.27. The summed E-state index contributed by atoms with van der Waals surface area (Å²) in [5, 5.41) is 3.00. The largest absolute Gasteiger partial charge is 0.496 e. The number of hydrogen-bond acceptors (Lipinski definition) is 3. The van der Waals surface area contributed by atoms with Crippen molar-refractivity contribution < 1.29 is 22.6 Å². The maximum absolute atomic E-state index is 11.8. The molecule has 0 spiro atoms. The molecule has 1 rings (SSSR count). The zero-order chi connectivity index (χ0) is 14.3. The smallest absolute Gasteiger partial charge is 0.411 e. The fraction of sp³-hybridized carbons (Fsp3) is 0.500. The normalized spacial score (nSPS) is 11.6. The molecule has 0 saturated heterocycles. The summed E-state index contributed by atoms with van der Waals surface area (Å²) < 4.78 is 45.8. The van der Waals surface area contributed by atoms with Crippen molar-refractivity contribution in [1.82, 2.24) is 5.32 Å². The summed E-state index contributed by atoms with van der Waals surface area (Å²) in [6.07, 6.45) is -4.26. The van der Waals surface area contributed by atoms with Gasteiger partial charge in [0.15, 0.2) is 0 Å². The highest BCUT2D eigenvalue weighted by atomic mass is 79.9. The zero-order valence-corrected chi connectivity index (χ0v) is 12.0. The van der Waals surface area contributed by atoms with Gasteiger partial charge in [0.25, 0.3) is 0 Å². The molecule has 0 aromatic heterocycles. The van der Waals surface area contributed by atoms with Gasteiger partial charge in [-0.05, 0) is 33.6 Å². The van der Waals surface area contributed by atoms with E-state index in [0.29, 0.717) is 13.1 Å². The van der Waals surface area contributed by atoms with E-state index in [1.807, 2.05) is 18.2 Å². The van der Waals surface area contributed by atoms with Crippen molar-refractivity contribution in [3.8, 4) is 5.75 Å². The molecule has 0 heterocycles. The maximum Gasteiger partial charge on any atom is 0.411 e. The molecule has 0 unspecified atom stereocenters. The molecule has 19 heavy (non-hydrogen) atoms. The first-order valence-electron chi connectivity index (χ1n) is 5.60. The van der Waals surface area contributed by atoms with Crippen molar-refractivity contribution in [2.75, 3.05) is 26.9 Å². The number of ether oxygens (including phenoxy) is 2. The average Bonchev–Trinajstić information content (AvgIpc) is 2.32. The van der Waals surface area contributed by atoms with E-state index in [1.54, 1.807) is 7.11 Å². The van der Waals surface area contributed by atoms with Crippen LogP contribution in [-0.4, -0.2) is 33.0 Å². The second-order valence-electron chi connectivity index (χ2n) is 3.81. The Morgan fingerprint density at radius 1 is 1.32 bits per heavy atom. The quantitative estimate of drug-likeness (QED) is 0.773. The number of alkyl halides is 3. The molecule has 0 amide bonds. The van der Waals surface area contributed by atoms with Gasteiger partial charge in [-0.15, -0.1) is 0 Å². The lowest BCUT2D eigenvalue weighted by atomic mass is 10.2. The van der Waals surface area contributed by atoms with Gasteiger partial charge in [0.1, 0.15) is 12.4 Å². The van der Waals surface area contributed by atoms with Crippen LogP contribution < -0.4 is 10.1 Å². The van der Waals surface area contributed by atoms with E-state index in [2.05, 4.69) is 26.0 Å². The van der Waals surface area contributed by atoms with Crippen LogP contribution in [0.25, 0.3) is 0 Å². The number of nitrogens with one attached hydrogen (secondary N) is 1. The first kappa shape index (κ1) is 16.3. The first-order chi connectivity index (χ1) is 8.92. The van der Waals surface area contributed by atoms with Gasteiger partial charge in [0.2, 0.25) is 0 Å². The van der Waals surface area contributed by atoms with Crippen molar-refractivity contribution in [2.24, 2.45) is 0 Å². The van der Waals surface area contributed by atoms with Gasteiger partial charge in [-0.3, -0.25) is 0 Å². The Morgan fingerprint density at radius 3 is 2.63 bits per heavy atom. The number of hydrogen-bond donors (Lipinski definition) is 1. The average molecular weight is 342 g/mol. The van der Waals surface area contributed by atoms with Gasteiger partial charge in [0.05, 0.1) is 18.2 Å². The minimum atomic E-state index is -4.26. The molecule has 0 radical (unpaired) electrons. The second kappa shape index (κ2) is 7.72. The molecule has 0 fully saturated rings. The van der Waals surface area contributed by atoms with Gasteiger partial charge in [-0.25, -0.2) is 0 Å². The summed E-state index contributed by atoms with van der Waals surface area (Å²) in [7, 11) is 1.58. The number of halogens is 4. The van der Waals surface area contributed by atoms with Crippen LogP contribution in [0, 0.1) is 0 Å². The van der Waals surface area contributed by atoms with E-state index in [1.165, 1.54) is 0 Å². The van der Waals surface area contributed by atoms with E-state index in [0.717, 1.165) is 15.8 Å². The van der Waals surface area contributed by atoms with Crippen molar-refractivity contribution in [3.05, 3.63) is 28.2 Å². The second-order valence-corrected chi connectivity index (χ2v) is 4.67. The lowest BCUT2D eigenvalue weighted by molar-refractivity contribution is -0.173. The molecule has 7 heteroatoms. The Hall–Kier alpha value is -0.790. The van der Waals surface area contributed by atoms with Gasteiger partial charge in [-0.1, -0.05) is 6.07 Å². The van der Waals surface area contributed by atoms with Crippen molar-refractivity contribution >= 4 is 15.9 Å². The van der Waals surface area contributed by atoms with Crippen LogP contribution in [0.3, 0.4) is 0 Å². The fourth-order valence-electron chi connectivity index (χ4n) is 1.38.